The topological polar surface area (TPSA) is 66.3 Å². The Balaban J connectivity index is 0.00000353. The predicted molar refractivity (Wildman–Crippen MR) is 175 cm³/mol. The van der Waals surface area contributed by atoms with Crippen LogP contribution < -0.4 is 15.9 Å². The van der Waals surface area contributed by atoms with Crippen molar-refractivity contribution in [2.75, 3.05) is 6.54 Å². The van der Waals surface area contributed by atoms with Gasteiger partial charge in [-0.1, -0.05) is 0 Å². The van der Waals surface area contributed by atoms with Crippen molar-refractivity contribution in [3.8, 4) is 0 Å². The normalized spacial score (nSPS) is 18.0. The molecule has 0 aliphatic carbocycles. The van der Waals surface area contributed by atoms with Crippen molar-refractivity contribution in [3.63, 3.8) is 0 Å². The molecular formula is C35H35ClN3O2P. The summed E-state index contributed by atoms with van der Waals surface area (Å²) in [5.74, 6) is -0.595. The fraction of sp³-hybridized carbons (Fsp3) is 0.171. The molecule has 0 amide bonds. The van der Waals surface area contributed by atoms with Crippen molar-refractivity contribution >= 4 is 41.0 Å². The van der Waals surface area contributed by atoms with Crippen LogP contribution in [-0.4, -0.2) is 38.3 Å². The van der Waals surface area contributed by atoms with E-state index in [0.29, 0.717) is 19.1 Å². The first-order valence-corrected chi connectivity index (χ1v) is 16.4. The SMILES string of the molecule is Cl.O=C(O)[C@@H]1CC(Cc2ccncc2)CN1P(Cc1ccncc1)(c1ccccc1)(c1ccccc1)c1ccccc1. The zero-order chi connectivity index (χ0) is 28.1. The third-order valence-corrected chi connectivity index (χ3v) is 15.5. The molecule has 3 aromatic carbocycles. The Morgan fingerprint density at radius 2 is 1.12 bits per heavy atom. The zero-order valence-electron chi connectivity index (χ0n) is 23.3. The Labute approximate surface area is 253 Å². The Morgan fingerprint density at radius 3 is 1.55 bits per heavy atom. The summed E-state index contributed by atoms with van der Waals surface area (Å²) in [7, 11) is 0. The van der Waals surface area contributed by atoms with E-state index < -0.39 is 18.8 Å². The molecule has 1 N–H and O–H groups in total. The summed E-state index contributed by atoms with van der Waals surface area (Å²) >= 11 is 0. The number of benzene rings is 3. The number of halogens is 1. The van der Waals surface area contributed by atoms with Crippen LogP contribution in [0.4, 0.5) is 0 Å². The van der Waals surface area contributed by atoms with Crippen molar-refractivity contribution in [1.82, 2.24) is 14.6 Å². The van der Waals surface area contributed by atoms with E-state index in [0.717, 1.165) is 12.0 Å². The van der Waals surface area contributed by atoms with Gasteiger partial charge in [-0.3, -0.25) is 0 Å². The molecule has 214 valence electrons. The third kappa shape index (κ3) is 5.03. The van der Waals surface area contributed by atoms with Crippen molar-refractivity contribution in [2.45, 2.75) is 25.0 Å². The summed E-state index contributed by atoms with van der Waals surface area (Å²) in [4.78, 5) is 21.8. The molecule has 7 heteroatoms. The van der Waals surface area contributed by atoms with Crippen LogP contribution in [0.5, 0.6) is 0 Å². The van der Waals surface area contributed by atoms with E-state index in [4.69, 9.17) is 0 Å². The molecule has 0 bridgehead atoms. The van der Waals surface area contributed by atoms with E-state index in [9.17, 15) is 9.90 Å². The molecule has 42 heavy (non-hydrogen) atoms. The minimum absolute atomic E-state index is 0. The predicted octanol–water partition coefficient (Wildman–Crippen LogP) is 5.86. The summed E-state index contributed by atoms with van der Waals surface area (Å²) in [6.45, 7) is -3.03. The van der Waals surface area contributed by atoms with Crippen molar-refractivity contribution in [2.24, 2.45) is 5.92 Å². The van der Waals surface area contributed by atoms with Gasteiger partial charge in [0.15, 0.2) is 0 Å². The van der Waals surface area contributed by atoms with Crippen LogP contribution in [0.1, 0.15) is 17.5 Å². The number of carbonyl (C=O) groups is 1. The summed E-state index contributed by atoms with van der Waals surface area (Å²) in [6, 6.07) is 39.6. The van der Waals surface area contributed by atoms with Gasteiger partial charge in [-0.15, -0.1) is 12.4 Å². The van der Waals surface area contributed by atoms with Gasteiger partial charge in [-0.05, 0) is 0 Å². The maximum atomic E-state index is 13.3. The Bertz CT molecular complexity index is 1490. The van der Waals surface area contributed by atoms with Gasteiger partial charge in [0, 0.05) is 0 Å². The molecule has 1 saturated heterocycles. The van der Waals surface area contributed by atoms with Gasteiger partial charge in [0.1, 0.15) is 0 Å². The summed E-state index contributed by atoms with van der Waals surface area (Å²) in [6.07, 6.45) is 9.37. The summed E-state index contributed by atoms with van der Waals surface area (Å²) in [5, 5.41) is 14.4. The van der Waals surface area contributed by atoms with E-state index in [-0.39, 0.29) is 18.3 Å². The van der Waals surface area contributed by atoms with Crippen LogP contribution in [0.25, 0.3) is 0 Å². The monoisotopic (exact) mass is 595 g/mol. The summed E-state index contributed by atoms with van der Waals surface area (Å²) in [5.41, 5.74) is 2.32. The molecule has 3 heterocycles. The molecule has 1 aliphatic rings. The van der Waals surface area contributed by atoms with E-state index >= 15 is 0 Å². The maximum absolute atomic E-state index is 13.3. The molecule has 5 aromatic rings. The number of pyridine rings is 2. The van der Waals surface area contributed by atoms with Crippen LogP contribution in [0.3, 0.4) is 0 Å². The average molecular weight is 596 g/mol. The molecule has 2 aromatic heterocycles. The third-order valence-electron chi connectivity index (χ3n) is 8.66. The molecule has 0 radical (unpaired) electrons. The Hall–Kier alpha value is -3.89. The van der Waals surface area contributed by atoms with E-state index in [1.165, 1.54) is 21.5 Å². The number of aliphatic carboxylic acids is 1. The fourth-order valence-corrected chi connectivity index (χ4v) is 14.2. The summed E-state index contributed by atoms with van der Waals surface area (Å²) < 4.78 is 2.43. The Morgan fingerprint density at radius 1 is 0.690 bits per heavy atom. The van der Waals surface area contributed by atoms with Crippen molar-refractivity contribution < 1.29 is 9.90 Å². The molecule has 6 rings (SSSR count). The molecular weight excluding hydrogens is 561 g/mol. The Kier molecular flexibility index (Phi) is 8.84. The minimum atomic E-state index is -3.70. The molecule has 1 aliphatic heterocycles. The van der Waals surface area contributed by atoms with Gasteiger partial charge in [0.2, 0.25) is 0 Å². The molecule has 1 fully saturated rings. The number of carboxylic acid groups (broad SMARTS) is 1. The fourth-order valence-electron chi connectivity index (χ4n) is 6.97. The molecule has 1 unspecified atom stereocenters. The van der Waals surface area contributed by atoms with E-state index in [1.54, 1.807) is 0 Å². The molecule has 0 saturated carbocycles. The molecule has 0 spiro atoms. The van der Waals surface area contributed by atoms with Gasteiger partial charge in [0.05, 0.1) is 0 Å². The van der Waals surface area contributed by atoms with Crippen LogP contribution in [0.2, 0.25) is 0 Å². The van der Waals surface area contributed by atoms with Crippen molar-refractivity contribution in [1.29, 1.82) is 0 Å². The number of rotatable bonds is 9. The number of hydrogen-bond acceptors (Lipinski definition) is 4. The second kappa shape index (κ2) is 12.5. The number of nitrogens with zero attached hydrogens (tertiary/aromatic N) is 3. The van der Waals surface area contributed by atoms with Crippen LogP contribution in [0, 0.1) is 5.92 Å². The quantitative estimate of drug-likeness (QED) is 0.216. The standard InChI is InChI=1S/C35H34N3O2P.ClH/c39-35(40)34-25-30(24-28-16-20-36-21-17-28)26-38(34)41(31-10-4-1-5-11-31,32-12-6-2-7-13-32,33-14-8-3-9-15-33)27-29-18-22-37-23-19-29;/h1-23,30,34H,24-27H2,(H,39,40);1H/t30?,34-;/m0./s1. The van der Waals surface area contributed by atoms with Crippen LogP contribution >= 0.6 is 19.2 Å². The first-order valence-electron chi connectivity index (χ1n) is 14.1. The van der Waals surface area contributed by atoms with Gasteiger partial charge in [-0.2, -0.15) is 0 Å². The molecule has 5 nitrogen and oxygen atoms in total. The van der Waals surface area contributed by atoms with E-state index in [2.05, 4.69) is 99.6 Å². The first-order chi connectivity index (χ1) is 20.1. The van der Waals surface area contributed by atoms with Gasteiger partial charge >= 0.3 is 242 Å². The second-order valence-electron chi connectivity index (χ2n) is 10.9. The van der Waals surface area contributed by atoms with Gasteiger partial charge < -0.3 is 0 Å². The van der Waals surface area contributed by atoms with Gasteiger partial charge in [0.25, 0.3) is 0 Å². The second-order valence-corrected chi connectivity index (χ2v) is 15.8. The number of aromatic nitrogens is 2. The average Bonchev–Trinajstić information content (AvgIpc) is 3.47. The van der Waals surface area contributed by atoms with E-state index in [1.807, 2.05) is 55.1 Å². The van der Waals surface area contributed by atoms with Crippen molar-refractivity contribution in [3.05, 3.63) is 151 Å². The van der Waals surface area contributed by atoms with Crippen LogP contribution in [-0.2, 0) is 17.4 Å². The number of carboxylic acids is 1. The zero-order valence-corrected chi connectivity index (χ0v) is 25.0. The molecule has 2 atom stereocenters. The van der Waals surface area contributed by atoms with Crippen LogP contribution in [0.15, 0.2) is 140 Å². The van der Waals surface area contributed by atoms with Gasteiger partial charge in [-0.25, -0.2) is 0 Å². The first kappa shape index (κ1) is 29.6. The number of hydrogen-bond donors (Lipinski definition) is 1.